The largest absolute Gasteiger partial charge is 0.464 e. The lowest BCUT2D eigenvalue weighted by Gasteiger charge is -1.95. The molecule has 0 amide bonds. The van der Waals surface area contributed by atoms with Crippen molar-refractivity contribution in [3.05, 3.63) is 0 Å². The van der Waals surface area contributed by atoms with Crippen LogP contribution in [0, 0.1) is 0 Å². The van der Waals surface area contributed by atoms with Gasteiger partial charge in [-0.2, -0.15) is 0 Å². The van der Waals surface area contributed by atoms with Crippen LogP contribution in [0.5, 0.6) is 0 Å². The van der Waals surface area contributed by atoms with E-state index in [2.05, 4.69) is 9.26 Å². The zero-order valence-electron chi connectivity index (χ0n) is 4.99. The molecule has 0 saturated heterocycles. The molecule has 0 atom stereocenters. The predicted molar refractivity (Wildman–Crippen MR) is 30.2 cm³/mol. The fraction of sp³-hybridized carbons (Fsp3) is 0.750. The summed E-state index contributed by atoms with van der Waals surface area (Å²) in [6.07, 6.45) is 0. The lowest BCUT2D eigenvalue weighted by molar-refractivity contribution is -0.145. The third kappa shape index (κ3) is 5.40. The minimum Gasteiger partial charge on any atom is -0.464 e. The summed E-state index contributed by atoms with van der Waals surface area (Å²) in [6, 6.07) is 0. The molecule has 52 valence electrons. The Morgan fingerprint density at radius 2 is 2.33 bits per heavy atom. The van der Waals surface area contributed by atoms with E-state index in [-0.39, 0.29) is 6.61 Å². The zero-order chi connectivity index (χ0) is 7.11. The van der Waals surface area contributed by atoms with Crippen LogP contribution in [-0.4, -0.2) is 19.2 Å². The third-order valence-electron chi connectivity index (χ3n) is 0.540. The van der Waals surface area contributed by atoms with Crippen LogP contribution in [-0.2, 0) is 18.6 Å². The lowest BCUT2D eigenvalue weighted by Crippen LogP contribution is -2.08. The smallest absolute Gasteiger partial charge is 0.333 e. The first kappa shape index (κ1) is 8.53. The number of carbonyl (C=O) groups excluding carboxylic acids is 1. The Balaban J connectivity index is 3.16. The van der Waals surface area contributed by atoms with Crippen molar-refractivity contribution in [1.82, 2.24) is 0 Å². The summed E-state index contributed by atoms with van der Waals surface area (Å²) in [5.41, 5.74) is 0. The van der Waals surface area contributed by atoms with Crippen LogP contribution < -0.4 is 0 Å². The molecule has 0 aromatic carbocycles. The van der Waals surface area contributed by atoms with Crippen LogP contribution in [0.15, 0.2) is 0 Å². The first-order valence-corrected chi connectivity index (χ1v) is 3.14. The molecular weight excluding hydrogens is 143 g/mol. The predicted octanol–water partition coefficient (Wildman–Crippen LogP) is 0.773. The fourth-order valence-electron chi connectivity index (χ4n) is 0.282. The average molecular weight is 150 g/mol. The van der Waals surface area contributed by atoms with Gasteiger partial charge in [-0.25, -0.2) is 9.36 Å². The summed E-state index contributed by atoms with van der Waals surface area (Å²) >= 11 is 0. The maximum atomic E-state index is 10.3. The summed E-state index contributed by atoms with van der Waals surface area (Å²) in [4.78, 5) is 10.3. The molecule has 0 spiro atoms. The molecule has 0 aliphatic rings. The highest BCUT2D eigenvalue weighted by molar-refractivity contribution is 7.17. The summed E-state index contributed by atoms with van der Waals surface area (Å²) in [7, 11) is -0.495. The summed E-state index contributed by atoms with van der Waals surface area (Å²) in [5.74, 6) is -0.499. The van der Waals surface area contributed by atoms with Crippen LogP contribution in [0.4, 0.5) is 0 Å². The molecular formula is C4H7O4P. The molecule has 4 nitrogen and oxygen atoms in total. The first-order valence-electron chi connectivity index (χ1n) is 2.41. The van der Waals surface area contributed by atoms with Gasteiger partial charge in [-0.1, -0.05) is 0 Å². The lowest BCUT2D eigenvalue weighted by atomic mass is 10.7. The van der Waals surface area contributed by atoms with E-state index in [0.29, 0.717) is 6.61 Å². The van der Waals surface area contributed by atoms with Crippen molar-refractivity contribution in [2.24, 2.45) is 0 Å². The van der Waals surface area contributed by atoms with Crippen molar-refractivity contribution in [3.63, 3.8) is 0 Å². The Labute approximate surface area is 54.4 Å². The Morgan fingerprint density at radius 1 is 1.67 bits per heavy atom. The van der Waals surface area contributed by atoms with Crippen LogP contribution in [0.25, 0.3) is 0 Å². The molecule has 0 N–H and O–H groups in total. The van der Waals surface area contributed by atoms with Gasteiger partial charge < -0.3 is 4.74 Å². The molecule has 9 heavy (non-hydrogen) atoms. The number of hydrogen-bond acceptors (Lipinski definition) is 4. The van der Waals surface area contributed by atoms with Crippen LogP contribution in [0.3, 0.4) is 0 Å². The van der Waals surface area contributed by atoms with Gasteiger partial charge in [0.15, 0.2) is 6.61 Å². The quantitative estimate of drug-likeness (QED) is 0.438. The van der Waals surface area contributed by atoms with Gasteiger partial charge in [-0.05, 0) is 6.92 Å². The molecule has 0 saturated carbocycles. The van der Waals surface area contributed by atoms with E-state index in [9.17, 15) is 9.36 Å². The molecule has 0 heterocycles. The Morgan fingerprint density at radius 3 is 2.78 bits per heavy atom. The number of esters is 1. The van der Waals surface area contributed by atoms with Crippen LogP contribution >= 0.6 is 8.69 Å². The van der Waals surface area contributed by atoms with E-state index in [1.54, 1.807) is 6.92 Å². The Kier molecular flexibility index (Phi) is 5.37. The van der Waals surface area contributed by atoms with Crippen LogP contribution in [0.1, 0.15) is 6.92 Å². The SMILES string of the molecule is CCOC(=O)COP=O. The summed E-state index contributed by atoms with van der Waals surface area (Å²) < 4.78 is 18.2. The average Bonchev–Trinajstić information content (AvgIpc) is 1.85. The molecule has 0 aliphatic heterocycles. The van der Waals surface area contributed by atoms with Crippen molar-refractivity contribution in [1.29, 1.82) is 0 Å². The highest BCUT2D eigenvalue weighted by Gasteiger charge is 1.98. The zero-order valence-corrected chi connectivity index (χ0v) is 5.89. The van der Waals surface area contributed by atoms with E-state index in [1.807, 2.05) is 0 Å². The molecule has 0 bridgehead atoms. The maximum Gasteiger partial charge on any atom is 0.333 e. The first-order chi connectivity index (χ1) is 4.31. The highest BCUT2D eigenvalue weighted by atomic mass is 31.1. The summed E-state index contributed by atoms with van der Waals surface area (Å²) in [5, 5.41) is 0. The molecule has 0 aliphatic carbocycles. The number of ether oxygens (including phenoxy) is 1. The van der Waals surface area contributed by atoms with Gasteiger partial charge in [-0.15, -0.1) is 0 Å². The molecule has 0 fully saturated rings. The van der Waals surface area contributed by atoms with Gasteiger partial charge in [0, 0.05) is 0 Å². The molecule has 5 heteroatoms. The Bertz CT molecular complexity index is 103. The van der Waals surface area contributed by atoms with E-state index < -0.39 is 14.7 Å². The molecule has 0 aromatic heterocycles. The normalized spacial score (nSPS) is 9.44. The van der Waals surface area contributed by atoms with Crippen molar-refractivity contribution >= 4 is 14.7 Å². The van der Waals surface area contributed by atoms with Crippen LogP contribution in [0.2, 0.25) is 0 Å². The van der Waals surface area contributed by atoms with Gasteiger partial charge in [0.05, 0.1) is 6.61 Å². The van der Waals surface area contributed by atoms with Crippen molar-refractivity contribution in [2.75, 3.05) is 13.2 Å². The van der Waals surface area contributed by atoms with E-state index >= 15 is 0 Å². The second-order valence-electron chi connectivity index (χ2n) is 1.15. The monoisotopic (exact) mass is 150 g/mol. The van der Waals surface area contributed by atoms with Crippen molar-refractivity contribution in [2.45, 2.75) is 6.92 Å². The fourth-order valence-corrected chi connectivity index (χ4v) is 0.440. The topological polar surface area (TPSA) is 52.6 Å². The number of rotatable bonds is 4. The van der Waals surface area contributed by atoms with Crippen molar-refractivity contribution in [3.8, 4) is 0 Å². The second kappa shape index (κ2) is 5.66. The summed E-state index contributed by atoms with van der Waals surface area (Å²) in [6.45, 7) is 1.75. The maximum absolute atomic E-state index is 10.3. The molecule has 0 unspecified atom stereocenters. The Hall–Kier alpha value is -0.470. The number of carbonyl (C=O) groups is 1. The third-order valence-corrected chi connectivity index (χ3v) is 0.775. The number of hydrogen-bond donors (Lipinski definition) is 0. The molecule has 0 aromatic rings. The second-order valence-corrected chi connectivity index (χ2v) is 1.56. The van der Waals surface area contributed by atoms with Gasteiger partial charge in [0.1, 0.15) is 0 Å². The highest BCUT2D eigenvalue weighted by Crippen LogP contribution is 1.93. The van der Waals surface area contributed by atoms with E-state index in [1.165, 1.54) is 0 Å². The standard InChI is InChI=1S/C4H7O4P/c1-2-7-4(5)3-8-9-6/h2-3H2,1H3. The minimum absolute atomic E-state index is 0.251. The van der Waals surface area contributed by atoms with Crippen molar-refractivity contribution < 1.29 is 18.6 Å². The minimum atomic E-state index is -0.499. The molecule has 0 radical (unpaired) electrons. The van der Waals surface area contributed by atoms with E-state index in [0.717, 1.165) is 0 Å². The van der Waals surface area contributed by atoms with Gasteiger partial charge in [0.25, 0.3) is 0 Å². The van der Waals surface area contributed by atoms with Gasteiger partial charge in [0.2, 0.25) is 0 Å². The molecule has 0 rings (SSSR count). The van der Waals surface area contributed by atoms with Gasteiger partial charge in [-0.3, -0.25) is 4.52 Å². The van der Waals surface area contributed by atoms with Gasteiger partial charge >= 0.3 is 14.7 Å². The van der Waals surface area contributed by atoms with E-state index in [4.69, 9.17) is 0 Å².